The maximum atomic E-state index is 5.87. The smallest absolute Gasteiger partial charge is 0.0884 e. The normalized spacial score (nSPS) is 16.8. The molecule has 1 saturated carbocycles. The number of anilines is 1. The van der Waals surface area contributed by atoms with E-state index in [9.17, 15) is 0 Å². The van der Waals surface area contributed by atoms with Gasteiger partial charge in [-0.05, 0) is 18.8 Å². The standard InChI is InChI=1S/C10H17N3/c1-7(2)5-13-6-9(11)10(12-13)8-3-4-8/h6-8H,3-5,11H2,1-2H3. The minimum atomic E-state index is 0.631. The fraction of sp³-hybridized carbons (Fsp3) is 0.700. The third kappa shape index (κ3) is 1.85. The summed E-state index contributed by atoms with van der Waals surface area (Å²) in [5.41, 5.74) is 7.88. The lowest BCUT2D eigenvalue weighted by Crippen LogP contribution is -2.04. The van der Waals surface area contributed by atoms with Crippen LogP contribution in [0.3, 0.4) is 0 Å². The zero-order valence-electron chi connectivity index (χ0n) is 8.33. The molecule has 1 aromatic heterocycles. The molecule has 0 aliphatic heterocycles. The van der Waals surface area contributed by atoms with Gasteiger partial charge in [-0.2, -0.15) is 5.10 Å². The third-order valence-electron chi connectivity index (χ3n) is 2.34. The first-order valence-corrected chi connectivity index (χ1v) is 4.99. The van der Waals surface area contributed by atoms with Crippen LogP contribution in [0.1, 0.15) is 38.3 Å². The van der Waals surface area contributed by atoms with E-state index in [0.29, 0.717) is 11.8 Å². The summed E-state index contributed by atoms with van der Waals surface area (Å²) in [5, 5.41) is 4.50. The first kappa shape index (κ1) is 8.60. The summed E-state index contributed by atoms with van der Waals surface area (Å²) in [7, 11) is 0. The molecule has 0 aromatic carbocycles. The number of nitrogens with two attached hydrogens (primary N) is 1. The summed E-state index contributed by atoms with van der Waals surface area (Å²) in [6, 6.07) is 0. The lowest BCUT2D eigenvalue weighted by molar-refractivity contribution is 0.480. The van der Waals surface area contributed by atoms with Crippen LogP contribution in [0.2, 0.25) is 0 Å². The van der Waals surface area contributed by atoms with E-state index in [1.54, 1.807) is 0 Å². The molecule has 1 heterocycles. The molecule has 2 rings (SSSR count). The van der Waals surface area contributed by atoms with Gasteiger partial charge in [0.05, 0.1) is 11.4 Å². The third-order valence-corrected chi connectivity index (χ3v) is 2.34. The van der Waals surface area contributed by atoms with E-state index in [-0.39, 0.29) is 0 Å². The summed E-state index contributed by atoms with van der Waals surface area (Å²) < 4.78 is 1.98. The molecule has 1 aliphatic carbocycles. The summed E-state index contributed by atoms with van der Waals surface area (Å²) >= 11 is 0. The van der Waals surface area contributed by atoms with Crippen LogP contribution in [-0.2, 0) is 6.54 Å². The molecule has 0 atom stereocenters. The molecule has 1 aromatic rings. The fourth-order valence-electron chi connectivity index (χ4n) is 1.59. The van der Waals surface area contributed by atoms with E-state index in [1.165, 1.54) is 12.8 Å². The number of nitrogens with zero attached hydrogens (tertiary/aromatic N) is 2. The fourth-order valence-corrected chi connectivity index (χ4v) is 1.59. The van der Waals surface area contributed by atoms with E-state index in [1.807, 2.05) is 10.9 Å². The Bertz CT molecular complexity index is 297. The van der Waals surface area contributed by atoms with Crippen molar-refractivity contribution < 1.29 is 0 Å². The Balaban J connectivity index is 2.14. The summed E-state index contributed by atoms with van der Waals surface area (Å²) in [4.78, 5) is 0. The van der Waals surface area contributed by atoms with Gasteiger partial charge in [0, 0.05) is 18.7 Å². The Morgan fingerprint density at radius 1 is 1.62 bits per heavy atom. The second kappa shape index (κ2) is 3.05. The quantitative estimate of drug-likeness (QED) is 0.771. The Kier molecular flexibility index (Phi) is 2.02. The van der Waals surface area contributed by atoms with Crippen molar-refractivity contribution in [2.75, 3.05) is 5.73 Å². The molecule has 3 nitrogen and oxygen atoms in total. The highest BCUT2D eigenvalue weighted by molar-refractivity contribution is 5.44. The predicted octanol–water partition coefficient (Wildman–Crippen LogP) is 2.00. The molecular weight excluding hydrogens is 162 g/mol. The molecule has 72 valence electrons. The van der Waals surface area contributed by atoms with Gasteiger partial charge in [-0.1, -0.05) is 13.8 Å². The molecule has 0 radical (unpaired) electrons. The Hall–Kier alpha value is -0.990. The average molecular weight is 179 g/mol. The van der Waals surface area contributed by atoms with E-state index in [0.717, 1.165) is 17.9 Å². The molecule has 0 bridgehead atoms. The highest BCUT2D eigenvalue weighted by Gasteiger charge is 2.28. The van der Waals surface area contributed by atoms with Gasteiger partial charge in [0.2, 0.25) is 0 Å². The van der Waals surface area contributed by atoms with Gasteiger partial charge < -0.3 is 5.73 Å². The Morgan fingerprint density at radius 3 is 2.85 bits per heavy atom. The summed E-state index contributed by atoms with van der Waals surface area (Å²) in [5.74, 6) is 1.29. The summed E-state index contributed by atoms with van der Waals surface area (Å²) in [6.07, 6.45) is 4.50. The van der Waals surface area contributed by atoms with Crippen LogP contribution >= 0.6 is 0 Å². The number of aromatic nitrogens is 2. The van der Waals surface area contributed by atoms with Crippen LogP contribution in [0.4, 0.5) is 5.69 Å². The molecule has 2 N–H and O–H groups in total. The van der Waals surface area contributed by atoms with Crippen molar-refractivity contribution in [1.29, 1.82) is 0 Å². The molecule has 0 saturated heterocycles. The average Bonchev–Trinajstić information content (AvgIpc) is 2.77. The maximum absolute atomic E-state index is 5.87. The van der Waals surface area contributed by atoms with Gasteiger partial charge in [0.15, 0.2) is 0 Å². The molecule has 0 unspecified atom stereocenters. The van der Waals surface area contributed by atoms with Crippen LogP contribution in [0.5, 0.6) is 0 Å². The molecule has 0 amide bonds. The van der Waals surface area contributed by atoms with Crippen molar-refractivity contribution in [3.63, 3.8) is 0 Å². The van der Waals surface area contributed by atoms with Crippen molar-refractivity contribution in [2.45, 2.75) is 39.2 Å². The molecular formula is C10H17N3. The van der Waals surface area contributed by atoms with Crippen molar-refractivity contribution >= 4 is 5.69 Å². The number of hydrogen-bond acceptors (Lipinski definition) is 2. The van der Waals surface area contributed by atoms with Crippen LogP contribution in [0.15, 0.2) is 6.20 Å². The highest BCUT2D eigenvalue weighted by Crippen LogP contribution is 2.41. The lowest BCUT2D eigenvalue weighted by Gasteiger charge is -2.03. The first-order chi connectivity index (χ1) is 6.16. The minimum Gasteiger partial charge on any atom is -0.396 e. The number of nitrogen functional groups attached to an aromatic ring is 1. The van der Waals surface area contributed by atoms with Gasteiger partial charge in [0.1, 0.15) is 0 Å². The van der Waals surface area contributed by atoms with Gasteiger partial charge in [0.25, 0.3) is 0 Å². The van der Waals surface area contributed by atoms with Crippen molar-refractivity contribution in [1.82, 2.24) is 9.78 Å². The van der Waals surface area contributed by atoms with Crippen molar-refractivity contribution in [3.8, 4) is 0 Å². The number of hydrogen-bond donors (Lipinski definition) is 1. The highest BCUT2D eigenvalue weighted by atomic mass is 15.3. The zero-order valence-corrected chi connectivity index (χ0v) is 8.33. The number of rotatable bonds is 3. The molecule has 1 aliphatic rings. The minimum absolute atomic E-state index is 0.631. The zero-order chi connectivity index (χ0) is 9.42. The van der Waals surface area contributed by atoms with E-state index < -0.39 is 0 Å². The molecule has 3 heteroatoms. The topological polar surface area (TPSA) is 43.8 Å². The first-order valence-electron chi connectivity index (χ1n) is 4.99. The SMILES string of the molecule is CC(C)Cn1cc(N)c(C2CC2)n1. The van der Waals surface area contributed by atoms with E-state index in [2.05, 4.69) is 18.9 Å². The molecule has 13 heavy (non-hydrogen) atoms. The predicted molar refractivity (Wildman–Crippen MR) is 53.5 cm³/mol. The second-order valence-corrected chi connectivity index (χ2v) is 4.36. The van der Waals surface area contributed by atoms with Crippen LogP contribution < -0.4 is 5.73 Å². The van der Waals surface area contributed by atoms with Crippen LogP contribution in [0.25, 0.3) is 0 Å². The lowest BCUT2D eigenvalue weighted by atomic mass is 10.2. The van der Waals surface area contributed by atoms with Gasteiger partial charge in [-0.25, -0.2) is 0 Å². The molecule has 1 fully saturated rings. The van der Waals surface area contributed by atoms with Gasteiger partial charge in [-0.15, -0.1) is 0 Å². The van der Waals surface area contributed by atoms with E-state index >= 15 is 0 Å². The Morgan fingerprint density at radius 2 is 2.31 bits per heavy atom. The van der Waals surface area contributed by atoms with Crippen LogP contribution in [0, 0.1) is 5.92 Å². The van der Waals surface area contributed by atoms with E-state index in [4.69, 9.17) is 5.73 Å². The van der Waals surface area contributed by atoms with Gasteiger partial charge in [-0.3, -0.25) is 4.68 Å². The monoisotopic (exact) mass is 179 g/mol. The Labute approximate surface area is 78.9 Å². The second-order valence-electron chi connectivity index (χ2n) is 4.36. The van der Waals surface area contributed by atoms with Crippen molar-refractivity contribution in [3.05, 3.63) is 11.9 Å². The van der Waals surface area contributed by atoms with Crippen LogP contribution in [-0.4, -0.2) is 9.78 Å². The maximum Gasteiger partial charge on any atom is 0.0884 e. The largest absolute Gasteiger partial charge is 0.396 e. The van der Waals surface area contributed by atoms with Crippen molar-refractivity contribution in [2.24, 2.45) is 5.92 Å². The molecule has 0 spiro atoms. The summed E-state index contributed by atoms with van der Waals surface area (Å²) in [6.45, 7) is 5.35. The van der Waals surface area contributed by atoms with Gasteiger partial charge >= 0.3 is 0 Å².